The maximum atomic E-state index is 6.10. The van der Waals surface area contributed by atoms with Crippen LogP contribution >= 0.6 is 34.8 Å². The highest BCUT2D eigenvalue weighted by molar-refractivity contribution is 6.42. The highest BCUT2D eigenvalue weighted by atomic mass is 35.5. The number of pyridine rings is 1. The maximum absolute atomic E-state index is 6.10. The first-order chi connectivity index (χ1) is 8.65. The molecule has 2 heterocycles. The molecule has 0 aliphatic carbocycles. The molecule has 0 atom stereocenters. The van der Waals surface area contributed by atoms with Crippen LogP contribution in [-0.4, -0.2) is 4.98 Å². The third kappa shape index (κ3) is 1.97. The van der Waals surface area contributed by atoms with E-state index in [-0.39, 0.29) is 5.15 Å². The quantitative estimate of drug-likeness (QED) is 0.558. The van der Waals surface area contributed by atoms with Crippen molar-refractivity contribution < 1.29 is 4.42 Å². The van der Waals surface area contributed by atoms with Crippen LogP contribution in [0.4, 0.5) is 0 Å². The van der Waals surface area contributed by atoms with E-state index < -0.39 is 0 Å². The van der Waals surface area contributed by atoms with Crippen LogP contribution in [0.3, 0.4) is 0 Å². The molecule has 0 fully saturated rings. The summed E-state index contributed by atoms with van der Waals surface area (Å²) in [6.45, 7) is 0. The lowest BCUT2D eigenvalue weighted by Gasteiger charge is -2.01. The average Bonchev–Trinajstić information content (AvgIpc) is 2.77. The smallest absolute Gasteiger partial charge is 0.155 e. The Bertz CT molecular complexity index is 703. The Labute approximate surface area is 118 Å². The number of para-hydroxylation sites is 1. The number of rotatable bonds is 1. The molecule has 5 heteroatoms. The molecule has 0 saturated carbocycles. The van der Waals surface area contributed by atoms with Crippen molar-refractivity contribution in [1.29, 1.82) is 0 Å². The van der Waals surface area contributed by atoms with Gasteiger partial charge in [-0.1, -0.05) is 53.0 Å². The van der Waals surface area contributed by atoms with Crippen molar-refractivity contribution in [1.82, 2.24) is 4.98 Å². The SMILES string of the molecule is Clc1cc(Cl)c(-c2cc3ccccc3o2)nc1Cl. The Morgan fingerprint density at radius 2 is 1.72 bits per heavy atom. The fourth-order valence-corrected chi connectivity index (χ4v) is 2.31. The summed E-state index contributed by atoms with van der Waals surface area (Å²) in [5, 5.41) is 1.91. The fourth-order valence-electron chi connectivity index (χ4n) is 1.72. The van der Waals surface area contributed by atoms with Crippen LogP contribution in [0.25, 0.3) is 22.4 Å². The number of hydrogen-bond acceptors (Lipinski definition) is 2. The maximum Gasteiger partial charge on any atom is 0.155 e. The van der Waals surface area contributed by atoms with Gasteiger partial charge in [-0.3, -0.25) is 0 Å². The van der Waals surface area contributed by atoms with E-state index in [2.05, 4.69) is 4.98 Å². The highest BCUT2D eigenvalue weighted by Crippen LogP contribution is 2.34. The summed E-state index contributed by atoms with van der Waals surface area (Å²) in [5.74, 6) is 0.569. The highest BCUT2D eigenvalue weighted by Gasteiger charge is 2.14. The molecule has 0 spiro atoms. The van der Waals surface area contributed by atoms with Gasteiger partial charge in [0.05, 0.1) is 10.0 Å². The summed E-state index contributed by atoms with van der Waals surface area (Å²) < 4.78 is 5.68. The average molecular weight is 299 g/mol. The molecule has 0 unspecified atom stereocenters. The van der Waals surface area contributed by atoms with Crippen molar-refractivity contribution in [3.8, 4) is 11.5 Å². The molecule has 18 heavy (non-hydrogen) atoms. The molecule has 0 N–H and O–H groups in total. The normalized spacial score (nSPS) is 11.1. The van der Waals surface area contributed by atoms with Crippen molar-refractivity contribution in [2.45, 2.75) is 0 Å². The zero-order chi connectivity index (χ0) is 12.7. The third-order valence-corrected chi connectivity index (χ3v) is 3.51. The number of aromatic nitrogens is 1. The second-order valence-corrected chi connectivity index (χ2v) is 4.91. The van der Waals surface area contributed by atoms with E-state index >= 15 is 0 Å². The number of furan rings is 1. The van der Waals surface area contributed by atoms with E-state index in [1.165, 1.54) is 0 Å². The molecule has 90 valence electrons. The van der Waals surface area contributed by atoms with Crippen molar-refractivity contribution in [3.63, 3.8) is 0 Å². The zero-order valence-corrected chi connectivity index (χ0v) is 11.2. The summed E-state index contributed by atoms with van der Waals surface area (Å²) in [6, 6.07) is 11.1. The van der Waals surface area contributed by atoms with Gasteiger partial charge in [-0.15, -0.1) is 0 Å². The molecule has 0 radical (unpaired) electrons. The minimum absolute atomic E-state index is 0.205. The Hall–Kier alpha value is -1.22. The van der Waals surface area contributed by atoms with Gasteiger partial charge in [0.25, 0.3) is 0 Å². The van der Waals surface area contributed by atoms with Gasteiger partial charge >= 0.3 is 0 Å². The molecule has 3 rings (SSSR count). The lowest BCUT2D eigenvalue weighted by atomic mass is 10.2. The summed E-state index contributed by atoms with van der Waals surface area (Å²) >= 11 is 17.8. The van der Waals surface area contributed by atoms with Gasteiger partial charge in [-0.2, -0.15) is 0 Å². The number of nitrogens with zero attached hydrogens (tertiary/aromatic N) is 1. The molecule has 0 aliphatic heterocycles. The number of fused-ring (bicyclic) bond motifs is 1. The summed E-state index contributed by atoms with van der Waals surface area (Å²) in [4.78, 5) is 4.15. The Morgan fingerprint density at radius 1 is 0.944 bits per heavy atom. The molecular weight excluding hydrogens is 293 g/mol. The van der Waals surface area contributed by atoms with Crippen molar-refractivity contribution in [3.05, 3.63) is 51.6 Å². The van der Waals surface area contributed by atoms with Crippen LogP contribution in [0.15, 0.2) is 40.8 Å². The monoisotopic (exact) mass is 297 g/mol. The van der Waals surface area contributed by atoms with E-state index in [0.29, 0.717) is 21.5 Å². The Kier molecular flexibility index (Phi) is 2.94. The van der Waals surface area contributed by atoms with Gasteiger partial charge in [0.1, 0.15) is 16.4 Å². The van der Waals surface area contributed by atoms with Crippen LogP contribution in [-0.2, 0) is 0 Å². The van der Waals surface area contributed by atoms with E-state index in [0.717, 1.165) is 11.0 Å². The molecule has 0 amide bonds. The van der Waals surface area contributed by atoms with Gasteiger partial charge in [-0.25, -0.2) is 4.98 Å². The van der Waals surface area contributed by atoms with E-state index in [9.17, 15) is 0 Å². The fraction of sp³-hybridized carbons (Fsp3) is 0. The first-order valence-corrected chi connectivity index (χ1v) is 6.29. The van der Waals surface area contributed by atoms with Crippen LogP contribution in [0, 0.1) is 0 Å². The summed E-state index contributed by atoms with van der Waals surface area (Å²) in [6.07, 6.45) is 0. The Balaban J connectivity index is 2.22. The van der Waals surface area contributed by atoms with E-state index in [1.54, 1.807) is 6.07 Å². The van der Waals surface area contributed by atoms with Crippen molar-refractivity contribution >= 4 is 45.8 Å². The molecule has 0 aliphatic rings. The van der Waals surface area contributed by atoms with Gasteiger partial charge in [0.2, 0.25) is 0 Å². The third-order valence-electron chi connectivity index (χ3n) is 2.55. The van der Waals surface area contributed by atoms with Crippen LogP contribution < -0.4 is 0 Å². The summed E-state index contributed by atoms with van der Waals surface area (Å²) in [7, 11) is 0. The predicted octanol–water partition coefficient (Wildman–Crippen LogP) is 5.46. The minimum Gasteiger partial charge on any atom is -0.454 e. The van der Waals surface area contributed by atoms with Crippen molar-refractivity contribution in [2.75, 3.05) is 0 Å². The topological polar surface area (TPSA) is 26.0 Å². The second kappa shape index (κ2) is 4.47. The molecular formula is C13H6Cl3NO. The largest absolute Gasteiger partial charge is 0.454 e. The molecule has 1 aromatic carbocycles. The standard InChI is InChI=1S/C13H6Cl3NO/c14-8-6-9(15)13(16)17-12(8)11-5-7-3-1-2-4-10(7)18-11/h1-6H. The summed E-state index contributed by atoms with van der Waals surface area (Å²) in [5.41, 5.74) is 1.26. The zero-order valence-electron chi connectivity index (χ0n) is 8.95. The minimum atomic E-state index is 0.205. The van der Waals surface area contributed by atoms with Crippen LogP contribution in [0.1, 0.15) is 0 Å². The first-order valence-electron chi connectivity index (χ1n) is 5.15. The van der Waals surface area contributed by atoms with Crippen molar-refractivity contribution in [2.24, 2.45) is 0 Å². The van der Waals surface area contributed by atoms with Crippen LogP contribution in [0.5, 0.6) is 0 Å². The predicted molar refractivity (Wildman–Crippen MR) is 74.5 cm³/mol. The molecule has 2 aromatic heterocycles. The first kappa shape index (κ1) is 11.8. The molecule has 0 saturated heterocycles. The molecule has 3 aromatic rings. The molecule has 0 bridgehead atoms. The van der Waals surface area contributed by atoms with E-state index in [4.69, 9.17) is 39.2 Å². The van der Waals surface area contributed by atoms with Crippen LogP contribution in [0.2, 0.25) is 15.2 Å². The van der Waals surface area contributed by atoms with E-state index in [1.807, 2.05) is 30.3 Å². The number of hydrogen-bond donors (Lipinski definition) is 0. The number of benzene rings is 1. The Morgan fingerprint density at radius 3 is 2.50 bits per heavy atom. The van der Waals surface area contributed by atoms with Gasteiger partial charge in [0.15, 0.2) is 5.76 Å². The second-order valence-electron chi connectivity index (χ2n) is 3.74. The lowest BCUT2D eigenvalue weighted by Crippen LogP contribution is -1.85. The lowest BCUT2D eigenvalue weighted by molar-refractivity contribution is 0.629. The number of halogens is 3. The van der Waals surface area contributed by atoms with Gasteiger partial charge in [0, 0.05) is 5.39 Å². The van der Waals surface area contributed by atoms with Gasteiger partial charge in [-0.05, 0) is 18.2 Å². The molecule has 2 nitrogen and oxygen atoms in total. The van der Waals surface area contributed by atoms with Gasteiger partial charge < -0.3 is 4.42 Å².